The third kappa shape index (κ3) is 10.3. The molecule has 1 unspecified atom stereocenters. The molecule has 0 aromatic carbocycles. The van der Waals surface area contributed by atoms with Crippen LogP contribution < -0.4 is 0 Å². The Kier molecular flexibility index (Phi) is 9.58. The molecule has 0 aliphatic heterocycles. The minimum atomic E-state index is -3.21. The van der Waals surface area contributed by atoms with Gasteiger partial charge in [-0.2, -0.15) is 0 Å². The average Bonchev–Trinajstić information content (AvgIpc) is 2.02. The van der Waals surface area contributed by atoms with Crippen molar-refractivity contribution < 1.29 is 11.6 Å². The third-order valence-corrected chi connectivity index (χ3v) is 2.67. The molecule has 0 heterocycles. The molecule has 0 rings (SSSR count). The molecule has 1 N–H and O–H groups in total. The Hall–Kier alpha value is 0.278. The Labute approximate surface area is 79.3 Å². The standard InChI is InChI=1S/C8H19AsO3/c1-2-3-4-5-6-7-8-12-9(10)11/h9H,2-8H2,1H3,(H,10,11). The second-order valence-corrected chi connectivity index (χ2v) is 4.60. The van der Waals surface area contributed by atoms with E-state index in [1.807, 2.05) is 0 Å². The Morgan fingerprint density at radius 3 is 2.33 bits per heavy atom. The van der Waals surface area contributed by atoms with E-state index in [1.165, 1.54) is 25.7 Å². The van der Waals surface area contributed by atoms with Crippen LogP contribution >= 0.6 is 0 Å². The second kappa shape index (κ2) is 9.37. The first-order valence-corrected chi connectivity index (χ1v) is 7.28. The molecule has 3 nitrogen and oxygen atoms in total. The monoisotopic (exact) mass is 238 g/mol. The fraction of sp³-hybridized carbons (Fsp3) is 1.00. The van der Waals surface area contributed by atoms with Crippen LogP contribution in [0, 0.1) is 0 Å². The van der Waals surface area contributed by atoms with E-state index in [9.17, 15) is 3.74 Å². The topological polar surface area (TPSA) is 46.5 Å². The summed E-state index contributed by atoms with van der Waals surface area (Å²) in [6.45, 7) is 2.64. The summed E-state index contributed by atoms with van der Waals surface area (Å²) >= 11 is -3.21. The zero-order chi connectivity index (χ0) is 9.23. The van der Waals surface area contributed by atoms with Gasteiger partial charge in [0.2, 0.25) is 0 Å². The molecule has 0 amide bonds. The van der Waals surface area contributed by atoms with Crippen molar-refractivity contribution in [3.05, 3.63) is 0 Å². The molecular formula is C8H19AsO3. The van der Waals surface area contributed by atoms with Gasteiger partial charge in [0.05, 0.1) is 0 Å². The predicted octanol–water partition coefficient (Wildman–Crippen LogP) is 1.50. The van der Waals surface area contributed by atoms with Crippen LogP contribution in [0.4, 0.5) is 0 Å². The van der Waals surface area contributed by atoms with E-state index in [-0.39, 0.29) is 0 Å². The molecule has 0 aromatic rings. The van der Waals surface area contributed by atoms with Crippen LogP contribution in [-0.4, -0.2) is 26.0 Å². The van der Waals surface area contributed by atoms with Crippen LogP contribution in [0.25, 0.3) is 0 Å². The molecule has 0 aliphatic carbocycles. The van der Waals surface area contributed by atoms with Crippen LogP contribution in [0.1, 0.15) is 45.4 Å². The molecule has 0 spiro atoms. The van der Waals surface area contributed by atoms with E-state index in [0.717, 1.165) is 12.8 Å². The van der Waals surface area contributed by atoms with Crippen molar-refractivity contribution in [3.63, 3.8) is 0 Å². The van der Waals surface area contributed by atoms with Gasteiger partial charge in [-0.25, -0.2) is 0 Å². The molecule has 0 saturated heterocycles. The number of hydrogen-bond acceptors (Lipinski definition) is 2. The Bertz CT molecular complexity index is 117. The van der Waals surface area contributed by atoms with Crippen molar-refractivity contribution in [1.82, 2.24) is 0 Å². The van der Waals surface area contributed by atoms with Crippen molar-refractivity contribution in [2.75, 3.05) is 6.61 Å². The van der Waals surface area contributed by atoms with Gasteiger partial charge < -0.3 is 0 Å². The quantitative estimate of drug-likeness (QED) is 0.515. The van der Waals surface area contributed by atoms with Crippen molar-refractivity contribution in [3.8, 4) is 0 Å². The molecule has 74 valence electrons. The molecule has 0 bridgehead atoms. The first-order chi connectivity index (χ1) is 5.77. The number of hydrogen-bond donors (Lipinski definition) is 1. The van der Waals surface area contributed by atoms with Crippen molar-refractivity contribution in [1.29, 1.82) is 0 Å². The summed E-state index contributed by atoms with van der Waals surface area (Å²) in [7, 11) is 0. The van der Waals surface area contributed by atoms with Crippen LogP contribution in [0.2, 0.25) is 0 Å². The van der Waals surface area contributed by atoms with Gasteiger partial charge in [0.25, 0.3) is 0 Å². The summed E-state index contributed by atoms with van der Waals surface area (Å²) < 4.78 is 23.2. The predicted molar refractivity (Wildman–Crippen MR) is 49.4 cm³/mol. The maximum atomic E-state index is 10.2. The fourth-order valence-corrected chi connectivity index (χ4v) is 1.71. The van der Waals surface area contributed by atoms with Crippen molar-refractivity contribution in [2.24, 2.45) is 0 Å². The van der Waals surface area contributed by atoms with Gasteiger partial charge in [0.1, 0.15) is 0 Å². The zero-order valence-corrected chi connectivity index (χ0v) is 9.81. The minimum absolute atomic E-state index is 0.460. The van der Waals surface area contributed by atoms with Crippen LogP contribution in [-0.2, 0) is 7.47 Å². The summed E-state index contributed by atoms with van der Waals surface area (Å²) in [5.74, 6) is 0. The second-order valence-electron chi connectivity index (χ2n) is 2.88. The van der Waals surface area contributed by atoms with Gasteiger partial charge in [-0.3, -0.25) is 0 Å². The third-order valence-electron chi connectivity index (χ3n) is 1.72. The van der Waals surface area contributed by atoms with Gasteiger partial charge in [0.15, 0.2) is 0 Å². The van der Waals surface area contributed by atoms with Crippen molar-refractivity contribution >= 4 is 15.3 Å². The van der Waals surface area contributed by atoms with E-state index in [2.05, 4.69) is 10.6 Å². The number of rotatable bonds is 8. The first kappa shape index (κ1) is 12.3. The molecule has 0 aromatic heterocycles. The summed E-state index contributed by atoms with van der Waals surface area (Å²) in [4.78, 5) is 0. The zero-order valence-electron chi connectivity index (χ0n) is 7.71. The fourth-order valence-electron chi connectivity index (χ4n) is 1.04. The summed E-state index contributed by atoms with van der Waals surface area (Å²) in [5.41, 5.74) is 0. The van der Waals surface area contributed by atoms with Gasteiger partial charge >= 0.3 is 78.9 Å². The average molecular weight is 238 g/mol. The molecule has 12 heavy (non-hydrogen) atoms. The Balaban J connectivity index is 2.86. The van der Waals surface area contributed by atoms with Gasteiger partial charge in [-0.05, 0) is 0 Å². The molecular weight excluding hydrogens is 219 g/mol. The Morgan fingerprint density at radius 2 is 1.75 bits per heavy atom. The summed E-state index contributed by atoms with van der Waals surface area (Å²) in [6, 6.07) is 0. The molecule has 0 fully saturated rings. The van der Waals surface area contributed by atoms with E-state index in [0.29, 0.717) is 6.61 Å². The SMILES string of the molecule is CCCCCCCCO[AsH](=O)O. The van der Waals surface area contributed by atoms with Gasteiger partial charge in [-0.1, -0.05) is 0 Å². The van der Waals surface area contributed by atoms with Crippen molar-refractivity contribution in [2.45, 2.75) is 45.4 Å². The Morgan fingerprint density at radius 1 is 1.17 bits per heavy atom. The van der Waals surface area contributed by atoms with E-state index >= 15 is 0 Å². The molecule has 4 heteroatoms. The number of unbranched alkanes of at least 4 members (excludes halogenated alkanes) is 5. The van der Waals surface area contributed by atoms with E-state index < -0.39 is 15.3 Å². The first-order valence-electron chi connectivity index (χ1n) is 4.63. The van der Waals surface area contributed by atoms with Crippen LogP contribution in [0.5, 0.6) is 0 Å². The molecule has 1 atom stereocenters. The van der Waals surface area contributed by atoms with Crippen LogP contribution in [0.15, 0.2) is 0 Å². The molecule has 0 aliphatic rings. The molecule has 0 radical (unpaired) electrons. The molecule has 0 saturated carbocycles. The normalized spacial score (nSPS) is 13.2. The van der Waals surface area contributed by atoms with E-state index in [1.54, 1.807) is 0 Å². The maximum absolute atomic E-state index is 10.2. The summed E-state index contributed by atoms with van der Waals surface area (Å²) in [5, 5.41) is 0. The van der Waals surface area contributed by atoms with Gasteiger partial charge in [0, 0.05) is 0 Å². The van der Waals surface area contributed by atoms with E-state index in [4.69, 9.17) is 4.10 Å². The summed E-state index contributed by atoms with van der Waals surface area (Å²) in [6.07, 6.45) is 7.08. The van der Waals surface area contributed by atoms with Gasteiger partial charge in [-0.15, -0.1) is 0 Å². The van der Waals surface area contributed by atoms with Crippen LogP contribution in [0.3, 0.4) is 0 Å².